The van der Waals surface area contributed by atoms with Crippen LogP contribution in [-0.2, 0) is 6.18 Å². The van der Waals surface area contributed by atoms with Gasteiger partial charge in [0.05, 0.1) is 5.56 Å². The van der Waals surface area contributed by atoms with Crippen molar-refractivity contribution in [3.63, 3.8) is 0 Å². The average molecular weight is 275 g/mol. The van der Waals surface area contributed by atoms with Gasteiger partial charge in [0.1, 0.15) is 5.82 Å². The van der Waals surface area contributed by atoms with Crippen molar-refractivity contribution in [1.82, 2.24) is 0 Å². The summed E-state index contributed by atoms with van der Waals surface area (Å²) in [7, 11) is 0. The Morgan fingerprint density at radius 3 is 2.42 bits per heavy atom. The topological polar surface area (TPSA) is 12.0 Å². The maximum absolute atomic E-state index is 12.9. The van der Waals surface area contributed by atoms with Gasteiger partial charge in [-0.15, -0.1) is 0 Å². The largest absolute Gasteiger partial charge is 0.418 e. The molecule has 0 spiro atoms. The van der Waals surface area contributed by atoms with E-state index in [1.165, 1.54) is 12.5 Å². The summed E-state index contributed by atoms with van der Waals surface area (Å²) in [6.07, 6.45) is 1.06. The van der Waals surface area contributed by atoms with Gasteiger partial charge in [-0.1, -0.05) is 19.3 Å². The van der Waals surface area contributed by atoms with Crippen LogP contribution in [0.2, 0.25) is 0 Å². The summed E-state index contributed by atoms with van der Waals surface area (Å²) in [5, 5.41) is 2.83. The Balaban J connectivity index is 2.06. The van der Waals surface area contributed by atoms with E-state index < -0.39 is 17.6 Å². The van der Waals surface area contributed by atoms with E-state index >= 15 is 0 Å². The first kappa shape index (κ1) is 14.2. The van der Waals surface area contributed by atoms with Gasteiger partial charge in [-0.3, -0.25) is 0 Å². The first-order chi connectivity index (χ1) is 8.97. The predicted molar refractivity (Wildman–Crippen MR) is 66.5 cm³/mol. The molecule has 0 aliphatic heterocycles. The summed E-state index contributed by atoms with van der Waals surface area (Å²) in [5.74, 6) is -0.449. The van der Waals surface area contributed by atoms with Gasteiger partial charge in [0, 0.05) is 12.2 Å². The number of alkyl halides is 3. The molecule has 5 heteroatoms. The second-order valence-corrected chi connectivity index (χ2v) is 5.07. The lowest BCUT2D eigenvalue weighted by Gasteiger charge is -2.23. The summed E-state index contributed by atoms with van der Waals surface area (Å²) in [6.45, 7) is 0.523. The molecule has 0 unspecified atom stereocenters. The third-order valence-electron chi connectivity index (χ3n) is 3.59. The highest BCUT2D eigenvalue weighted by Gasteiger charge is 2.34. The van der Waals surface area contributed by atoms with E-state index in [1.54, 1.807) is 0 Å². The van der Waals surface area contributed by atoms with Crippen LogP contribution in [0.4, 0.5) is 23.2 Å². The van der Waals surface area contributed by atoms with Crippen LogP contribution in [0.25, 0.3) is 0 Å². The zero-order valence-electron chi connectivity index (χ0n) is 10.6. The average Bonchev–Trinajstić information content (AvgIpc) is 2.37. The summed E-state index contributed by atoms with van der Waals surface area (Å²) < 4.78 is 51.3. The van der Waals surface area contributed by atoms with Gasteiger partial charge in [-0.05, 0) is 37.0 Å². The lowest BCUT2D eigenvalue weighted by atomic mass is 9.89. The normalized spacial score (nSPS) is 17.5. The van der Waals surface area contributed by atoms with Crippen LogP contribution >= 0.6 is 0 Å². The van der Waals surface area contributed by atoms with Crippen molar-refractivity contribution in [1.29, 1.82) is 0 Å². The van der Waals surface area contributed by atoms with Crippen molar-refractivity contribution in [3.8, 4) is 0 Å². The fourth-order valence-electron chi connectivity index (χ4n) is 2.55. The van der Waals surface area contributed by atoms with E-state index in [0.717, 1.165) is 31.7 Å². The molecule has 1 N–H and O–H groups in total. The first-order valence-electron chi connectivity index (χ1n) is 6.57. The minimum atomic E-state index is -4.53. The van der Waals surface area contributed by atoms with Crippen molar-refractivity contribution in [2.75, 3.05) is 11.9 Å². The molecule has 0 radical (unpaired) electrons. The summed E-state index contributed by atoms with van der Waals surface area (Å²) in [5.41, 5.74) is -0.956. The molecule has 1 saturated carbocycles. The number of hydrogen-bond donors (Lipinski definition) is 1. The highest BCUT2D eigenvalue weighted by molar-refractivity contribution is 5.52. The first-order valence-corrected chi connectivity index (χ1v) is 6.57. The third kappa shape index (κ3) is 3.85. The molecule has 1 aliphatic rings. The van der Waals surface area contributed by atoms with Crippen molar-refractivity contribution in [2.24, 2.45) is 5.92 Å². The molecule has 0 heterocycles. The lowest BCUT2D eigenvalue weighted by molar-refractivity contribution is -0.137. The van der Waals surface area contributed by atoms with Crippen LogP contribution in [0, 0.1) is 11.7 Å². The summed E-state index contributed by atoms with van der Waals surface area (Å²) in [4.78, 5) is 0. The smallest absolute Gasteiger partial charge is 0.384 e. The Kier molecular flexibility index (Phi) is 4.32. The molecule has 2 rings (SSSR count). The fraction of sp³-hybridized carbons (Fsp3) is 0.571. The van der Waals surface area contributed by atoms with Gasteiger partial charge in [-0.25, -0.2) is 4.39 Å². The minimum Gasteiger partial charge on any atom is -0.384 e. The number of anilines is 1. The number of nitrogens with one attached hydrogen (secondary N) is 1. The monoisotopic (exact) mass is 275 g/mol. The minimum absolute atomic E-state index is 0.0283. The van der Waals surface area contributed by atoms with E-state index in [0.29, 0.717) is 18.5 Å². The number of hydrogen-bond acceptors (Lipinski definition) is 1. The summed E-state index contributed by atoms with van der Waals surface area (Å²) >= 11 is 0. The van der Waals surface area contributed by atoms with Crippen LogP contribution in [0.15, 0.2) is 18.2 Å². The molecule has 19 heavy (non-hydrogen) atoms. The van der Waals surface area contributed by atoms with E-state index in [1.807, 2.05) is 0 Å². The van der Waals surface area contributed by atoms with Gasteiger partial charge in [0.2, 0.25) is 0 Å². The Morgan fingerprint density at radius 2 is 1.79 bits per heavy atom. The molecule has 1 aliphatic carbocycles. The maximum Gasteiger partial charge on any atom is 0.418 e. The highest BCUT2D eigenvalue weighted by Crippen LogP contribution is 2.35. The number of halogens is 4. The number of benzene rings is 1. The van der Waals surface area contributed by atoms with Crippen LogP contribution in [0.5, 0.6) is 0 Å². The Bertz CT molecular complexity index is 422. The van der Waals surface area contributed by atoms with E-state index in [2.05, 4.69) is 5.32 Å². The third-order valence-corrected chi connectivity index (χ3v) is 3.59. The fourth-order valence-corrected chi connectivity index (χ4v) is 2.55. The van der Waals surface area contributed by atoms with Crippen LogP contribution < -0.4 is 5.32 Å². The van der Waals surface area contributed by atoms with Gasteiger partial charge in [0.25, 0.3) is 0 Å². The predicted octanol–water partition coefficient (Wildman–Crippen LogP) is 4.84. The molecule has 1 aromatic rings. The van der Waals surface area contributed by atoms with Crippen molar-refractivity contribution < 1.29 is 17.6 Å². The van der Waals surface area contributed by atoms with E-state index in [-0.39, 0.29) is 5.69 Å². The number of rotatable bonds is 3. The molecule has 1 nitrogen and oxygen atoms in total. The molecular formula is C14H17F4N. The van der Waals surface area contributed by atoms with Gasteiger partial charge in [-0.2, -0.15) is 13.2 Å². The lowest BCUT2D eigenvalue weighted by Crippen LogP contribution is -2.19. The molecule has 1 fully saturated rings. The standard InChI is InChI=1S/C14H17F4N/c15-11-6-7-13(12(8-11)14(16,17)18)19-9-10-4-2-1-3-5-10/h6-8,10,19H,1-5,9H2. The van der Waals surface area contributed by atoms with Gasteiger partial charge < -0.3 is 5.32 Å². The molecule has 0 saturated heterocycles. The van der Waals surface area contributed by atoms with Crippen LogP contribution in [-0.4, -0.2) is 6.54 Å². The van der Waals surface area contributed by atoms with Crippen molar-refractivity contribution in [3.05, 3.63) is 29.6 Å². The Hall–Kier alpha value is -1.26. The molecule has 0 aromatic heterocycles. The van der Waals surface area contributed by atoms with Crippen molar-refractivity contribution in [2.45, 2.75) is 38.3 Å². The van der Waals surface area contributed by atoms with Crippen LogP contribution in [0.1, 0.15) is 37.7 Å². The Morgan fingerprint density at radius 1 is 1.11 bits per heavy atom. The quantitative estimate of drug-likeness (QED) is 0.778. The summed E-state index contributed by atoms with van der Waals surface area (Å²) in [6, 6.07) is 2.77. The van der Waals surface area contributed by atoms with Gasteiger partial charge >= 0.3 is 6.18 Å². The maximum atomic E-state index is 12.9. The van der Waals surface area contributed by atoms with Crippen molar-refractivity contribution >= 4 is 5.69 Å². The van der Waals surface area contributed by atoms with Crippen LogP contribution in [0.3, 0.4) is 0 Å². The second-order valence-electron chi connectivity index (χ2n) is 5.07. The molecule has 1 aromatic carbocycles. The van der Waals surface area contributed by atoms with E-state index in [4.69, 9.17) is 0 Å². The SMILES string of the molecule is Fc1ccc(NCC2CCCCC2)c(C(F)(F)F)c1. The highest BCUT2D eigenvalue weighted by atomic mass is 19.4. The zero-order valence-corrected chi connectivity index (χ0v) is 10.6. The second kappa shape index (κ2) is 5.80. The zero-order chi connectivity index (χ0) is 13.9. The van der Waals surface area contributed by atoms with E-state index in [9.17, 15) is 17.6 Å². The Labute approximate surface area is 110 Å². The van der Waals surface area contributed by atoms with Gasteiger partial charge in [0.15, 0.2) is 0 Å². The molecule has 0 atom stereocenters. The molecule has 106 valence electrons. The molecule has 0 amide bonds. The molecule has 0 bridgehead atoms. The molecular weight excluding hydrogens is 258 g/mol.